The molecule has 140 valence electrons. The van der Waals surface area contributed by atoms with Gasteiger partial charge in [0.05, 0.1) is 12.3 Å². The third-order valence-corrected chi connectivity index (χ3v) is 4.68. The fourth-order valence-corrected chi connectivity index (χ4v) is 3.31. The normalized spacial score (nSPS) is 21.0. The number of piperazine rings is 1. The lowest BCUT2D eigenvalue weighted by Gasteiger charge is -2.36. The van der Waals surface area contributed by atoms with E-state index in [1.165, 1.54) is 12.8 Å². The lowest BCUT2D eigenvalue weighted by Crippen LogP contribution is -2.51. The molecule has 1 saturated heterocycles. The van der Waals surface area contributed by atoms with Gasteiger partial charge in [-0.05, 0) is 43.2 Å². The molecular formula is C19H28F2N2O2. The molecule has 1 aliphatic carbocycles. The summed E-state index contributed by atoms with van der Waals surface area (Å²) in [5, 5.41) is 3.56. The number of alkyl halides is 2. The smallest absolute Gasteiger partial charge is 0.387 e. The van der Waals surface area contributed by atoms with Crippen molar-refractivity contribution < 1.29 is 18.3 Å². The van der Waals surface area contributed by atoms with E-state index >= 15 is 0 Å². The molecule has 0 radical (unpaired) electrons. The van der Waals surface area contributed by atoms with E-state index in [0.29, 0.717) is 30.2 Å². The average Bonchev–Trinajstić information content (AvgIpc) is 3.36. The van der Waals surface area contributed by atoms with Crippen molar-refractivity contribution in [1.29, 1.82) is 0 Å². The Balaban J connectivity index is 1.75. The van der Waals surface area contributed by atoms with E-state index in [1.54, 1.807) is 12.1 Å². The van der Waals surface area contributed by atoms with Gasteiger partial charge in [-0.1, -0.05) is 13.8 Å². The second-order valence-corrected chi connectivity index (χ2v) is 7.49. The maximum absolute atomic E-state index is 12.5. The van der Waals surface area contributed by atoms with Gasteiger partial charge in [0.15, 0.2) is 0 Å². The van der Waals surface area contributed by atoms with E-state index in [2.05, 4.69) is 28.8 Å². The summed E-state index contributed by atoms with van der Waals surface area (Å²) in [7, 11) is 0. The Morgan fingerprint density at radius 3 is 2.76 bits per heavy atom. The summed E-state index contributed by atoms with van der Waals surface area (Å²) in [5.41, 5.74) is 0.970. The van der Waals surface area contributed by atoms with Gasteiger partial charge in [-0.25, -0.2) is 0 Å². The van der Waals surface area contributed by atoms with Crippen molar-refractivity contribution in [3.8, 4) is 11.5 Å². The fraction of sp³-hybridized carbons (Fsp3) is 0.684. The lowest BCUT2D eigenvalue weighted by molar-refractivity contribution is -0.0499. The summed E-state index contributed by atoms with van der Waals surface area (Å²) in [6.45, 7) is 4.96. The second-order valence-electron chi connectivity index (χ2n) is 7.49. The van der Waals surface area contributed by atoms with Crippen LogP contribution in [0.25, 0.3) is 0 Å². The van der Waals surface area contributed by atoms with Crippen LogP contribution in [0.5, 0.6) is 11.5 Å². The zero-order chi connectivity index (χ0) is 17.8. The van der Waals surface area contributed by atoms with Crippen molar-refractivity contribution in [3.05, 3.63) is 18.2 Å². The van der Waals surface area contributed by atoms with Crippen molar-refractivity contribution in [3.63, 3.8) is 0 Å². The van der Waals surface area contributed by atoms with Crippen LogP contribution in [0.2, 0.25) is 0 Å². The monoisotopic (exact) mass is 354 g/mol. The maximum atomic E-state index is 12.5. The largest absolute Gasteiger partial charge is 0.491 e. The highest BCUT2D eigenvalue weighted by molar-refractivity contribution is 5.61. The summed E-state index contributed by atoms with van der Waals surface area (Å²) in [4.78, 5) is 2.29. The number of benzene rings is 1. The van der Waals surface area contributed by atoms with Crippen LogP contribution in [0.3, 0.4) is 0 Å². The number of hydrogen-bond donors (Lipinski definition) is 1. The molecule has 1 aliphatic heterocycles. The molecule has 2 fully saturated rings. The maximum Gasteiger partial charge on any atom is 0.387 e. The Labute approximate surface area is 148 Å². The van der Waals surface area contributed by atoms with Crippen LogP contribution >= 0.6 is 0 Å². The van der Waals surface area contributed by atoms with Crippen LogP contribution in [0.15, 0.2) is 18.2 Å². The van der Waals surface area contributed by atoms with Gasteiger partial charge in [-0.3, -0.25) is 0 Å². The third-order valence-electron chi connectivity index (χ3n) is 4.68. The molecule has 1 saturated carbocycles. The number of nitrogens with one attached hydrogen (secondary N) is 1. The van der Waals surface area contributed by atoms with Gasteiger partial charge < -0.3 is 19.7 Å². The number of hydrogen-bond acceptors (Lipinski definition) is 4. The molecule has 0 amide bonds. The molecule has 4 nitrogen and oxygen atoms in total. The minimum absolute atomic E-state index is 0.151. The van der Waals surface area contributed by atoms with Crippen molar-refractivity contribution in [2.75, 3.05) is 31.1 Å². The van der Waals surface area contributed by atoms with Crippen LogP contribution in [-0.4, -0.2) is 38.9 Å². The van der Waals surface area contributed by atoms with Gasteiger partial charge in [0.25, 0.3) is 0 Å². The minimum Gasteiger partial charge on any atom is -0.491 e. The molecular weight excluding hydrogens is 326 g/mol. The van der Waals surface area contributed by atoms with E-state index in [9.17, 15) is 8.78 Å². The highest BCUT2D eigenvalue weighted by atomic mass is 19.3. The summed E-state index contributed by atoms with van der Waals surface area (Å²) in [6.07, 6.45) is 3.49. The Hall–Kier alpha value is -1.56. The third kappa shape index (κ3) is 5.46. The number of rotatable bonds is 8. The summed E-state index contributed by atoms with van der Waals surface area (Å²) < 4.78 is 35.6. The van der Waals surface area contributed by atoms with E-state index < -0.39 is 6.61 Å². The predicted molar refractivity (Wildman–Crippen MR) is 94.8 cm³/mol. The zero-order valence-corrected chi connectivity index (χ0v) is 15.0. The van der Waals surface area contributed by atoms with Crippen molar-refractivity contribution in [2.24, 2.45) is 11.8 Å². The topological polar surface area (TPSA) is 33.7 Å². The van der Waals surface area contributed by atoms with Gasteiger partial charge in [-0.15, -0.1) is 0 Å². The van der Waals surface area contributed by atoms with Crippen molar-refractivity contribution >= 4 is 5.69 Å². The van der Waals surface area contributed by atoms with Crippen molar-refractivity contribution in [2.45, 2.75) is 45.8 Å². The molecule has 1 atom stereocenters. The van der Waals surface area contributed by atoms with Gasteiger partial charge in [-0.2, -0.15) is 8.78 Å². The number of halogens is 2. The first-order valence-electron chi connectivity index (χ1n) is 9.21. The highest BCUT2D eigenvalue weighted by Crippen LogP contribution is 2.36. The van der Waals surface area contributed by atoms with Gasteiger partial charge >= 0.3 is 6.61 Å². The summed E-state index contributed by atoms with van der Waals surface area (Å²) >= 11 is 0. The Bertz CT molecular complexity index is 564. The summed E-state index contributed by atoms with van der Waals surface area (Å²) in [5.74, 6) is 2.03. The molecule has 0 spiro atoms. The van der Waals surface area contributed by atoms with Crippen LogP contribution < -0.4 is 19.7 Å². The van der Waals surface area contributed by atoms with Gasteiger partial charge in [0.1, 0.15) is 11.5 Å². The minimum atomic E-state index is -2.82. The first kappa shape index (κ1) is 18.2. The van der Waals surface area contributed by atoms with Crippen LogP contribution in [0.1, 0.15) is 33.1 Å². The van der Waals surface area contributed by atoms with E-state index in [1.807, 2.05) is 6.07 Å². The molecule has 0 aromatic heterocycles. The van der Waals surface area contributed by atoms with Gasteiger partial charge in [0, 0.05) is 31.7 Å². The second kappa shape index (κ2) is 8.21. The molecule has 25 heavy (non-hydrogen) atoms. The van der Waals surface area contributed by atoms with Crippen LogP contribution in [0, 0.1) is 11.8 Å². The number of nitrogens with zero attached hydrogens (tertiary/aromatic N) is 1. The quantitative estimate of drug-likeness (QED) is 0.768. The van der Waals surface area contributed by atoms with Crippen LogP contribution in [-0.2, 0) is 0 Å². The van der Waals surface area contributed by atoms with E-state index in [0.717, 1.165) is 31.7 Å². The fourth-order valence-electron chi connectivity index (χ4n) is 3.31. The SMILES string of the molecule is CC(C)C[C@H]1CN(c2ccc(OC(F)F)cc2OCC2CC2)CCN1. The van der Waals surface area contributed by atoms with E-state index in [4.69, 9.17) is 4.74 Å². The molecule has 0 unspecified atom stereocenters. The predicted octanol–water partition coefficient (Wildman–Crippen LogP) is 3.90. The molecule has 1 aromatic rings. The lowest BCUT2D eigenvalue weighted by atomic mass is 10.0. The average molecular weight is 354 g/mol. The first-order chi connectivity index (χ1) is 12.0. The highest BCUT2D eigenvalue weighted by Gasteiger charge is 2.25. The first-order valence-corrected chi connectivity index (χ1v) is 9.21. The Morgan fingerprint density at radius 1 is 1.28 bits per heavy atom. The standard InChI is InChI=1S/C19H28F2N2O2/c1-13(2)9-15-11-23(8-7-22-15)17-6-5-16(25-19(20)21)10-18(17)24-12-14-3-4-14/h5-6,10,13-15,19,22H,3-4,7-9,11-12H2,1-2H3/t15-/m0/s1. The zero-order valence-electron chi connectivity index (χ0n) is 15.0. The Kier molecular flexibility index (Phi) is 5.99. The summed E-state index contributed by atoms with van der Waals surface area (Å²) in [6, 6.07) is 5.48. The number of anilines is 1. The number of ether oxygens (including phenoxy) is 2. The molecule has 2 aliphatic rings. The molecule has 1 N–H and O–H groups in total. The molecule has 1 heterocycles. The Morgan fingerprint density at radius 2 is 2.08 bits per heavy atom. The van der Waals surface area contributed by atoms with Crippen molar-refractivity contribution in [1.82, 2.24) is 5.32 Å². The van der Waals surface area contributed by atoms with Gasteiger partial charge in [0.2, 0.25) is 0 Å². The van der Waals surface area contributed by atoms with Crippen LogP contribution in [0.4, 0.5) is 14.5 Å². The molecule has 0 bridgehead atoms. The molecule has 6 heteroatoms. The van der Waals surface area contributed by atoms with E-state index in [-0.39, 0.29) is 5.75 Å². The molecule has 3 rings (SSSR count). The molecule has 1 aromatic carbocycles.